The Hall–Kier alpha value is -1.84. The molecule has 0 spiro atoms. The fourth-order valence-corrected chi connectivity index (χ4v) is 1.95. The summed E-state index contributed by atoms with van der Waals surface area (Å²) in [4.78, 5) is 18.4. The van der Waals surface area contributed by atoms with Crippen molar-refractivity contribution >= 4 is 17.0 Å². The van der Waals surface area contributed by atoms with Crippen LogP contribution in [0.15, 0.2) is 24.5 Å². The van der Waals surface area contributed by atoms with Crippen LogP contribution in [0.5, 0.6) is 0 Å². The Labute approximate surface area is 86.0 Å². The van der Waals surface area contributed by atoms with Crippen LogP contribution in [0, 0.1) is 0 Å². The standard InChI is InChI=1S/C11H10N2O2/c14-10(15)11(2-3-11)7-5-9-8(13-6-7)1-4-12-9/h1,4-6,12H,2-3H2,(H,14,15). The lowest BCUT2D eigenvalue weighted by molar-refractivity contribution is -0.140. The van der Waals surface area contributed by atoms with Gasteiger partial charge in [0.25, 0.3) is 0 Å². The summed E-state index contributed by atoms with van der Waals surface area (Å²) in [5.41, 5.74) is 1.93. The molecule has 2 N–H and O–H groups in total. The van der Waals surface area contributed by atoms with Gasteiger partial charge in [0.15, 0.2) is 0 Å². The minimum absolute atomic E-state index is 0.660. The van der Waals surface area contributed by atoms with Crippen LogP contribution in [0.2, 0.25) is 0 Å². The summed E-state index contributed by atoms with van der Waals surface area (Å²) < 4.78 is 0. The van der Waals surface area contributed by atoms with Crippen LogP contribution in [-0.2, 0) is 10.2 Å². The Balaban J connectivity index is 2.15. The number of nitrogens with one attached hydrogen (secondary N) is 1. The molecule has 0 radical (unpaired) electrons. The zero-order valence-corrected chi connectivity index (χ0v) is 8.03. The maximum Gasteiger partial charge on any atom is 0.314 e. The van der Waals surface area contributed by atoms with Crippen molar-refractivity contribution in [3.05, 3.63) is 30.1 Å². The second-order valence-corrected chi connectivity index (χ2v) is 4.02. The fraction of sp³-hybridized carbons (Fsp3) is 0.273. The Morgan fingerprint density at radius 2 is 2.33 bits per heavy atom. The van der Waals surface area contributed by atoms with Gasteiger partial charge in [0.2, 0.25) is 0 Å². The first-order valence-electron chi connectivity index (χ1n) is 4.89. The molecular formula is C11H10N2O2. The number of pyridine rings is 1. The van der Waals surface area contributed by atoms with Gasteiger partial charge >= 0.3 is 5.97 Å². The summed E-state index contributed by atoms with van der Waals surface area (Å²) in [6, 6.07) is 3.77. The summed E-state index contributed by atoms with van der Waals surface area (Å²) in [6.45, 7) is 0. The van der Waals surface area contributed by atoms with Crippen molar-refractivity contribution < 1.29 is 9.90 Å². The van der Waals surface area contributed by atoms with Crippen molar-refractivity contribution in [1.29, 1.82) is 0 Å². The molecule has 0 amide bonds. The summed E-state index contributed by atoms with van der Waals surface area (Å²) in [6.07, 6.45) is 4.92. The highest BCUT2D eigenvalue weighted by Crippen LogP contribution is 2.48. The van der Waals surface area contributed by atoms with Crippen molar-refractivity contribution in [2.75, 3.05) is 0 Å². The Kier molecular flexibility index (Phi) is 1.46. The van der Waals surface area contributed by atoms with Gasteiger partial charge in [-0.25, -0.2) is 0 Å². The summed E-state index contributed by atoms with van der Waals surface area (Å²) in [5, 5.41) is 9.14. The molecular weight excluding hydrogens is 192 g/mol. The maximum absolute atomic E-state index is 11.1. The van der Waals surface area contributed by atoms with E-state index in [1.165, 1.54) is 0 Å². The molecule has 2 aromatic rings. The predicted octanol–water partition coefficient (Wildman–Crippen LogP) is 1.68. The van der Waals surface area contributed by atoms with Gasteiger partial charge in [-0.05, 0) is 30.5 Å². The quantitative estimate of drug-likeness (QED) is 0.778. The first kappa shape index (κ1) is 8.47. The molecule has 0 aliphatic heterocycles. The topological polar surface area (TPSA) is 66.0 Å². The van der Waals surface area contributed by atoms with E-state index in [2.05, 4.69) is 9.97 Å². The van der Waals surface area contributed by atoms with E-state index in [-0.39, 0.29) is 0 Å². The molecule has 2 heterocycles. The first-order chi connectivity index (χ1) is 7.22. The molecule has 76 valence electrons. The number of nitrogens with zero attached hydrogens (tertiary/aromatic N) is 1. The number of rotatable bonds is 2. The second kappa shape index (κ2) is 2.59. The van der Waals surface area contributed by atoms with E-state index in [0.29, 0.717) is 0 Å². The Morgan fingerprint density at radius 1 is 1.53 bits per heavy atom. The van der Waals surface area contributed by atoms with Crippen molar-refractivity contribution in [2.24, 2.45) is 0 Å². The zero-order valence-electron chi connectivity index (χ0n) is 8.03. The van der Waals surface area contributed by atoms with Crippen molar-refractivity contribution in [3.8, 4) is 0 Å². The van der Waals surface area contributed by atoms with E-state index in [9.17, 15) is 4.79 Å². The average molecular weight is 202 g/mol. The van der Waals surface area contributed by atoms with Crippen molar-refractivity contribution in [3.63, 3.8) is 0 Å². The van der Waals surface area contributed by atoms with Crippen LogP contribution in [-0.4, -0.2) is 21.0 Å². The minimum Gasteiger partial charge on any atom is -0.481 e. The SMILES string of the molecule is O=C(O)C1(c2cnc3cc[nH]c3c2)CC1. The second-order valence-electron chi connectivity index (χ2n) is 4.02. The maximum atomic E-state index is 11.1. The third-order valence-electron chi connectivity index (χ3n) is 3.11. The predicted molar refractivity (Wildman–Crippen MR) is 54.6 cm³/mol. The van der Waals surface area contributed by atoms with E-state index in [4.69, 9.17) is 5.11 Å². The number of aliphatic carboxylic acids is 1. The summed E-state index contributed by atoms with van der Waals surface area (Å²) >= 11 is 0. The molecule has 0 aromatic carbocycles. The smallest absolute Gasteiger partial charge is 0.314 e. The molecule has 1 saturated carbocycles. The molecule has 0 atom stereocenters. The third-order valence-corrected chi connectivity index (χ3v) is 3.11. The number of hydrogen-bond acceptors (Lipinski definition) is 2. The highest BCUT2D eigenvalue weighted by atomic mass is 16.4. The number of fused-ring (bicyclic) bond motifs is 1. The summed E-state index contributed by atoms with van der Waals surface area (Å²) in [7, 11) is 0. The molecule has 1 aliphatic rings. The molecule has 15 heavy (non-hydrogen) atoms. The van der Waals surface area contributed by atoms with Crippen molar-refractivity contribution in [2.45, 2.75) is 18.3 Å². The number of aromatic amines is 1. The van der Waals surface area contributed by atoms with E-state index in [0.717, 1.165) is 29.4 Å². The van der Waals surface area contributed by atoms with E-state index < -0.39 is 11.4 Å². The highest BCUT2D eigenvalue weighted by Gasteiger charge is 2.52. The molecule has 0 saturated heterocycles. The van der Waals surface area contributed by atoms with E-state index >= 15 is 0 Å². The third kappa shape index (κ3) is 1.08. The van der Waals surface area contributed by atoms with Gasteiger partial charge < -0.3 is 10.1 Å². The van der Waals surface area contributed by atoms with Gasteiger partial charge in [-0.15, -0.1) is 0 Å². The van der Waals surface area contributed by atoms with Crippen LogP contribution in [0.3, 0.4) is 0 Å². The highest BCUT2D eigenvalue weighted by molar-refractivity contribution is 5.86. The first-order valence-corrected chi connectivity index (χ1v) is 4.89. The lowest BCUT2D eigenvalue weighted by Crippen LogP contribution is -2.19. The van der Waals surface area contributed by atoms with Crippen LogP contribution < -0.4 is 0 Å². The Bertz CT molecular complexity index is 540. The molecule has 4 nitrogen and oxygen atoms in total. The van der Waals surface area contributed by atoms with Gasteiger partial charge in [0.1, 0.15) is 0 Å². The molecule has 3 rings (SSSR count). The van der Waals surface area contributed by atoms with Gasteiger partial charge in [-0.2, -0.15) is 0 Å². The number of carbonyl (C=O) groups is 1. The average Bonchev–Trinajstić information content (AvgIpc) is 2.91. The van der Waals surface area contributed by atoms with Crippen LogP contribution in [0.4, 0.5) is 0 Å². The van der Waals surface area contributed by atoms with Crippen LogP contribution in [0.25, 0.3) is 11.0 Å². The number of carboxylic acid groups (broad SMARTS) is 1. The fourth-order valence-electron chi connectivity index (χ4n) is 1.95. The van der Waals surface area contributed by atoms with E-state index in [1.54, 1.807) is 6.20 Å². The van der Waals surface area contributed by atoms with Gasteiger partial charge in [-0.1, -0.05) is 0 Å². The number of hydrogen-bond donors (Lipinski definition) is 2. The van der Waals surface area contributed by atoms with Crippen molar-refractivity contribution in [1.82, 2.24) is 9.97 Å². The molecule has 0 unspecified atom stereocenters. The molecule has 2 aromatic heterocycles. The number of H-pyrrole nitrogens is 1. The number of aromatic nitrogens is 2. The normalized spacial score (nSPS) is 17.9. The largest absolute Gasteiger partial charge is 0.481 e. The van der Waals surface area contributed by atoms with Gasteiger partial charge in [0.05, 0.1) is 16.4 Å². The lowest BCUT2D eigenvalue weighted by Gasteiger charge is -2.08. The molecule has 4 heteroatoms. The number of carboxylic acids is 1. The monoisotopic (exact) mass is 202 g/mol. The lowest BCUT2D eigenvalue weighted by atomic mass is 9.98. The Morgan fingerprint density at radius 3 is 3.00 bits per heavy atom. The zero-order chi connectivity index (χ0) is 10.5. The van der Waals surface area contributed by atoms with Crippen LogP contribution >= 0.6 is 0 Å². The molecule has 0 bridgehead atoms. The minimum atomic E-state index is -0.741. The molecule has 1 aliphatic carbocycles. The van der Waals surface area contributed by atoms with Gasteiger partial charge in [-0.3, -0.25) is 9.78 Å². The van der Waals surface area contributed by atoms with Crippen LogP contribution in [0.1, 0.15) is 18.4 Å². The summed E-state index contributed by atoms with van der Waals surface area (Å²) in [5.74, 6) is -0.741. The molecule has 1 fully saturated rings. The van der Waals surface area contributed by atoms with Gasteiger partial charge in [0, 0.05) is 12.4 Å². The van der Waals surface area contributed by atoms with E-state index in [1.807, 2.05) is 18.3 Å².